The molecule has 8 nitrogen and oxygen atoms in total. The Morgan fingerprint density at radius 1 is 0.963 bits per heavy atom. The van der Waals surface area contributed by atoms with E-state index in [2.05, 4.69) is 14.7 Å². The maximum Gasteiger partial charge on any atom is 0.240 e. The highest BCUT2D eigenvalue weighted by molar-refractivity contribution is 7.89. The third kappa shape index (κ3) is 5.08. The number of ether oxygens (including phenoxy) is 3. The highest BCUT2D eigenvalue weighted by Gasteiger charge is 2.27. The summed E-state index contributed by atoms with van der Waals surface area (Å²) in [5.74, 6) is 1.43. The number of hydrogen-bond acceptors (Lipinski definition) is 7. The Morgan fingerprint density at radius 3 is 2.26 bits per heavy atom. The minimum absolute atomic E-state index is 0.0202. The molecule has 9 heteroatoms. The van der Waals surface area contributed by atoms with Crippen LogP contribution in [0.15, 0.2) is 41.6 Å². The van der Waals surface area contributed by atoms with Crippen LogP contribution in [-0.2, 0) is 10.0 Å². The van der Waals surface area contributed by atoms with Gasteiger partial charge in [0, 0.05) is 6.04 Å². The third-order valence-corrected chi connectivity index (χ3v) is 5.99. The fourth-order valence-electron chi connectivity index (χ4n) is 3.00. The molecule has 1 aliphatic rings. The summed E-state index contributed by atoms with van der Waals surface area (Å²) in [6.07, 6.45) is 5.88. The van der Waals surface area contributed by atoms with Gasteiger partial charge < -0.3 is 14.2 Å². The number of nitrogens with one attached hydrogen (secondary N) is 1. The quantitative estimate of drug-likeness (QED) is 0.769. The lowest BCUT2D eigenvalue weighted by atomic mass is 9.94. The van der Waals surface area contributed by atoms with Crippen LogP contribution in [0.5, 0.6) is 17.5 Å². The first-order valence-electron chi connectivity index (χ1n) is 8.69. The summed E-state index contributed by atoms with van der Waals surface area (Å²) in [6, 6.07) is 6.23. The third-order valence-electron chi connectivity index (χ3n) is 4.45. The number of sulfonamides is 1. The number of methoxy groups -OCH3 is 2. The predicted molar refractivity (Wildman–Crippen MR) is 98.6 cm³/mol. The van der Waals surface area contributed by atoms with Crippen LogP contribution in [-0.4, -0.2) is 44.8 Å². The molecule has 1 saturated carbocycles. The Morgan fingerprint density at radius 2 is 1.63 bits per heavy atom. The molecule has 1 aromatic heterocycles. The summed E-state index contributed by atoms with van der Waals surface area (Å²) in [6.45, 7) is 0. The van der Waals surface area contributed by atoms with Crippen molar-refractivity contribution < 1.29 is 22.6 Å². The van der Waals surface area contributed by atoms with Crippen LogP contribution in [0.3, 0.4) is 0 Å². The molecular weight excluding hydrogens is 370 g/mol. The largest absolute Gasteiger partial charge is 0.497 e. The first-order chi connectivity index (χ1) is 13.0. The van der Waals surface area contributed by atoms with Gasteiger partial charge in [-0.25, -0.2) is 13.1 Å². The van der Waals surface area contributed by atoms with Crippen LogP contribution < -0.4 is 18.9 Å². The Kier molecular flexibility index (Phi) is 6.12. The van der Waals surface area contributed by atoms with Crippen molar-refractivity contribution in [3.8, 4) is 17.5 Å². The van der Waals surface area contributed by atoms with Gasteiger partial charge in [0.25, 0.3) is 0 Å². The zero-order valence-corrected chi connectivity index (χ0v) is 16.1. The first kappa shape index (κ1) is 19.4. The van der Waals surface area contributed by atoms with Crippen LogP contribution >= 0.6 is 0 Å². The monoisotopic (exact) mass is 393 g/mol. The van der Waals surface area contributed by atoms with E-state index < -0.39 is 10.0 Å². The molecule has 0 radical (unpaired) electrons. The number of aromatic nitrogens is 2. The predicted octanol–water partition coefficient (Wildman–Crippen LogP) is 2.16. The number of rotatable bonds is 7. The molecule has 1 heterocycles. The van der Waals surface area contributed by atoms with Gasteiger partial charge in [-0.3, -0.25) is 4.98 Å². The van der Waals surface area contributed by atoms with Gasteiger partial charge in [0.1, 0.15) is 11.9 Å². The van der Waals surface area contributed by atoms with E-state index in [0.29, 0.717) is 30.4 Å². The van der Waals surface area contributed by atoms with E-state index >= 15 is 0 Å². The lowest BCUT2D eigenvalue weighted by molar-refractivity contribution is 0.136. The highest BCUT2D eigenvalue weighted by Crippen LogP contribution is 2.25. The van der Waals surface area contributed by atoms with E-state index in [1.54, 1.807) is 25.4 Å². The summed E-state index contributed by atoms with van der Waals surface area (Å²) in [4.78, 5) is 8.44. The molecule has 146 valence electrons. The normalized spacial score (nSPS) is 20.1. The van der Waals surface area contributed by atoms with Gasteiger partial charge in [-0.2, -0.15) is 4.98 Å². The van der Waals surface area contributed by atoms with Gasteiger partial charge in [0.15, 0.2) is 0 Å². The molecule has 1 aliphatic carbocycles. The maximum absolute atomic E-state index is 12.5. The molecule has 2 aromatic rings. The van der Waals surface area contributed by atoms with Gasteiger partial charge in [-0.05, 0) is 49.9 Å². The summed E-state index contributed by atoms with van der Waals surface area (Å²) in [7, 11) is -0.493. The molecule has 0 bridgehead atoms. The Balaban J connectivity index is 1.53. The molecule has 0 atom stereocenters. The Bertz CT molecular complexity index is 850. The van der Waals surface area contributed by atoms with E-state index in [4.69, 9.17) is 14.2 Å². The van der Waals surface area contributed by atoms with Gasteiger partial charge in [-0.15, -0.1) is 0 Å². The lowest BCUT2D eigenvalue weighted by Crippen LogP contribution is -2.39. The van der Waals surface area contributed by atoms with Crippen molar-refractivity contribution in [2.75, 3.05) is 14.2 Å². The Hall–Kier alpha value is -2.39. The summed E-state index contributed by atoms with van der Waals surface area (Å²) in [5, 5.41) is 0. The zero-order valence-electron chi connectivity index (χ0n) is 15.3. The van der Waals surface area contributed by atoms with Gasteiger partial charge in [0.2, 0.25) is 21.8 Å². The molecular formula is C18H23N3O5S. The molecule has 1 N–H and O–H groups in total. The molecule has 0 saturated heterocycles. The zero-order chi connectivity index (χ0) is 19.3. The van der Waals surface area contributed by atoms with Gasteiger partial charge in [-0.1, -0.05) is 0 Å². The standard InChI is InChI=1S/C18H23N3O5S/c1-24-14-7-9-16(10-8-14)27(22,23)21-13-3-5-15(6-4-13)26-18-12-19-11-17(20-18)25-2/h7-13,15,21H,3-6H2,1-2H3. The van der Waals surface area contributed by atoms with Crippen LogP contribution in [0.25, 0.3) is 0 Å². The second-order valence-corrected chi connectivity index (χ2v) is 8.00. The summed E-state index contributed by atoms with van der Waals surface area (Å²) in [5.41, 5.74) is 0. The van der Waals surface area contributed by atoms with E-state index in [1.807, 2.05) is 0 Å². The van der Waals surface area contributed by atoms with Crippen molar-refractivity contribution in [2.45, 2.75) is 42.7 Å². The summed E-state index contributed by atoms with van der Waals surface area (Å²) < 4.78 is 43.8. The molecule has 1 aromatic carbocycles. The molecule has 1 fully saturated rings. The van der Waals surface area contributed by atoms with Crippen molar-refractivity contribution in [3.63, 3.8) is 0 Å². The summed E-state index contributed by atoms with van der Waals surface area (Å²) >= 11 is 0. The molecule has 0 spiro atoms. The van der Waals surface area contributed by atoms with Crippen LogP contribution in [0.1, 0.15) is 25.7 Å². The lowest BCUT2D eigenvalue weighted by Gasteiger charge is -2.29. The molecule has 27 heavy (non-hydrogen) atoms. The first-order valence-corrected chi connectivity index (χ1v) is 10.2. The maximum atomic E-state index is 12.5. The van der Waals surface area contributed by atoms with Crippen molar-refractivity contribution >= 4 is 10.0 Å². The van der Waals surface area contributed by atoms with Crippen molar-refractivity contribution in [3.05, 3.63) is 36.7 Å². The average Bonchev–Trinajstić information content (AvgIpc) is 2.69. The molecule has 3 rings (SSSR count). The molecule has 0 amide bonds. The van der Waals surface area contributed by atoms with E-state index in [9.17, 15) is 8.42 Å². The highest BCUT2D eigenvalue weighted by atomic mass is 32.2. The second kappa shape index (κ2) is 8.53. The molecule has 0 aliphatic heterocycles. The van der Waals surface area contributed by atoms with Crippen LogP contribution in [0.4, 0.5) is 0 Å². The van der Waals surface area contributed by atoms with E-state index in [1.165, 1.54) is 25.4 Å². The second-order valence-electron chi connectivity index (χ2n) is 6.29. The molecule has 0 unspecified atom stereocenters. The van der Waals surface area contributed by atoms with Crippen molar-refractivity contribution in [2.24, 2.45) is 0 Å². The number of benzene rings is 1. The van der Waals surface area contributed by atoms with Gasteiger partial charge >= 0.3 is 0 Å². The Labute approximate surface area is 158 Å². The smallest absolute Gasteiger partial charge is 0.240 e. The van der Waals surface area contributed by atoms with Gasteiger partial charge in [0.05, 0.1) is 31.5 Å². The minimum Gasteiger partial charge on any atom is -0.497 e. The minimum atomic E-state index is -3.56. The topological polar surface area (TPSA) is 99.6 Å². The fourth-order valence-corrected chi connectivity index (χ4v) is 4.30. The average molecular weight is 393 g/mol. The van der Waals surface area contributed by atoms with E-state index in [-0.39, 0.29) is 17.0 Å². The SMILES string of the molecule is COc1ccc(S(=O)(=O)NC2CCC(Oc3cncc(OC)n3)CC2)cc1. The fraction of sp³-hybridized carbons (Fsp3) is 0.444. The van der Waals surface area contributed by atoms with Crippen LogP contribution in [0.2, 0.25) is 0 Å². The van der Waals surface area contributed by atoms with Crippen molar-refractivity contribution in [1.29, 1.82) is 0 Å². The van der Waals surface area contributed by atoms with E-state index in [0.717, 1.165) is 12.8 Å². The van der Waals surface area contributed by atoms with Crippen molar-refractivity contribution in [1.82, 2.24) is 14.7 Å². The van der Waals surface area contributed by atoms with Crippen LogP contribution in [0, 0.1) is 0 Å². The number of hydrogen-bond donors (Lipinski definition) is 1. The number of nitrogens with zero attached hydrogens (tertiary/aromatic N) is 2.